The van der Waals surface area contributed by atoms with E-state index in [0.29, 0.717) is 6.61 Å². The quantitative estimate of drug-likeness (QED) is 0.824. The highest BCUT2D eigenvalue weighted by atomic mass is 28.3. The van der Waals surface area contributed by atoms with Crippen LogP contribution in [0.5, 0.6) is 0 Å². The highest BCUT2D eigenvalue weighted by Gasteiger charge is 2.14. The normalized spacial score (nSPS) is 11.3. The Hall–Kier alpha value is -1.29. The van der Waals surface area contributed by atoms with Gasteiger partial charge < -0.3 is 4.74 Å². The number of hydrogen-bond acceptors (Lipinski definition) is 2. The van der Waals surface area contributed by atoms with Crippen molar-refractivity contribution in [2.75, 3.05) is 11.9 Å². The number of carbonyl (C=O) groups excluding carboxylic acids is 1. The Kier molecular flexibility index (Phi) is 5.17. The number of nitrogens with one attached hydrogen (secondary N) is 1. The molecule has 1 aromatic rings. The van der Waals surface area contributed by atoms with E-state index in [1.807, 2.05) is 13.8 Å². The first kappa shape index (κ1) is 15.8. The van der Waals surface area contributed by atoms with Crippen LogP contribution in [0.1, 0.15) is 16.7 Å². The van der Waals surface area contributed by atoms with E-state index in [4.69, 9.17) is 4.74 Å². The third-order valence-electron chi connectivity index (χ3n) is 2.99. The number of carbonyl (C=O) groups is 1. The van der Waals surface area contributed by atoms with Gasteiger partial charge >= 0.3 is 6.09 Å². The van der Waals surface area contributed by atoms with E-state index in [0.717, 1.165) is 22.9 Å². The molecule has 0 unspecified atom stereocenters. The zero-order valence-electron chi connectivity index (χ0n) is 12.9. The average molecular weight is 279 g/mol. The first-order chi connectivity index (χ1) is 8.69. The number of hydrogen-bond donors (Lipinski definition) is 1. The van der Waals surface area contributed by atoms with E-state index < -0.39 is 8.07 Å². The summed E-state index contributed by atoms with van der Waals surface area (Å²) in [6.45, 7) is 13.4. The third-order valence-corrected chi connectivity index (χ3v) is 4.69. The number of rotatable bonds is 4. The van der Waals surface area contributed by atoms with Gasteiger partial charge in [-0.25, -0.2) is 4.79 Å². The van der Waals surface area contributed by atoms with Gasteiger partial charge in [-0.3, -0.25) is 5.32 Å². The Bertz CT molecular complexity index is 441. The molecule has 0 spiro atoms. The Labute approximate surface area is 117 Å². The zero-order valence-corrected chi connectivity index (χ0v) is 13.9. The molecule has 3 nitrogen and oxygen atoms in total. The van der Waals surface area contributed by atoms with E-state index >= 15 is 0 Å². The Morgan fingerprint density at radius 3 is 2.16 bits per heavy atom. The van der Waals surface area contributed by atoms with E-state index in [1.165, 1.54) is 5.56 Å². The third kappa shape index (κ3) is 5.47. The summed E-state index contributed by atoms with van der Waals surface area (Å²) in [5, 5.41) is 2.85. The van der Waals surface area contributed by atoms with Gasteiger partial charge in [0.2, 0.25) is 0 Å². The maximum Gasteiger partial charge on any atom is 0.411 e. The molecule has 1 aromatic carbocycles. The lowest BCUT2D eigenvalue weighted by Crippen LogP contribution is -2.24. The summed E-state index contributed by atoms with van der Waals surface area (Å²) in [5.41, 5.74) is 4.20. The highest BCUT2D eigenvalue weighted by Crippen LogP contribution is 2.22. The topological polar surface area (TPSA) is 38.3 Å². The number of amides is 1. The number of ether oxygens (including phenoxy) is 1. The van der Waals surface area contributed by atoms with Gasteiger partial charge in [-0.1, -0.05) is 37.3 Å². The van der Waals surface area contributed by atoms with Crippen molar-refractivity contribution < 1.29 is 9.53 Å². The fourth-order valence-electron chi connectivity index (χ4n) is 1.97. The predicted octanol–water partition coefficient (Wildman–Crippen LogP) is 4.50. The maximum absolute atomic E-state index is 11.8. The van der Waals surface area contributed by atoms with Crippen LogP contribution in [0, 0.1) is 20.8 Å². The molecule has 0 aliphatic rings. The smallest absolute Gasteiger partial charge is 0.411 e. The Morgan fingerprint density at radius 1 is 1.16 bits per heavy atom. The lowest BCUT2D eigenvalue weighted by atomic mass is 10.1. The molecular weight excluding hydrogens is 254 g/mol. The van der Waals surface area contributed by atoms with Crippen molar-refractivity contribution in [1.82, 2.24) is 0 Å². The van der Waals surface area contributed by atoms with Crippen molar-refractivity contribution in [2.45, 2.75) is 46.5 Å². The van der Waals surface area contributed by atoms with Gasteiger partial charge in [0.25, 0.3) is 0 Å². The molecule has 0 bridgehead atoms. The number of aryl methyl sites for hydroxylation is 3. The van der Waals surface area contributed by atoms with Crippen LogP contribution in [0.3, 0.4) is 0 Å². The second-order valence-corrected chi connectivity index (χ2v) is 12.0. The summed E-state index contributed by atoms with van der Waals surface area (Å²) < 4.78 is 5.25. The fourth-order valence-corrected chi connectivity index (χ4v) is 2.68. The summed E-state index contributed by atoms with van der Waals surface area (Å²) >= 11 is 0. The summed E-state index contributed by atoms with van der Waals surface area (Å²) in [5.74, 6) is 0. The maximum atomic E-state index is 11.8. The molecule has 1 N–H and O–H groups in total. The fraction of sp³-hybridized carbons (Fsp3) is 0.533. The minimum Gasteiger partial charge on any atom is -0.450 e. The molecule has 0 radical (unpaired) electrons. The number of anilines is 1. The van der Waals surface area contributed by atoms with Gasteiger partial charge in [0.05, 0.1) is 6.61 Å². The molecular formula is C15H25NO2Si. The summed E-state index contributed by atoms with van der Waals surface area (Å²) in [6.07, 6.45) is -0.353. The largest absolute Gasteiger partial charge is 0.450 e. The van der Waals surface area contributed by atoms with E-state index in [2.05, 4.69) is 44.0 Å². The van der Waals surface area contributed by atoms with Crippen LogP contribution in [-0.4, -0.2) is 20.8 Å². The summed E-state index contributed by atoms with van der Waals surface area (Å²) in [4.78, 5) is 11.8. The SMILES string of the molecule is Cc1cc(C)c(NC(=O)OCC[Si](C)(C)C)c(C)c1. The van der Waals surface area contributed by atoms with Gasteiger partial charge in [-0.05, 0) is 37.9 Å². The molecule has 0 aliphatic heterocycles. The molecule has 19 heavy (non-hydrogen) atoms. The van der Waals surface area contributed by atoms with Crippen LogP contribution >= 0.6 is 0 Å². The monoisotopic (exact) mass is 279 g/mol. The zero-order chi connectivity index (χ0) is 14.6. The minimum absolute atomic E-state index is 0.353. The molecule has 0 aromatic heterocycles. The van der Waals surface area contributed by atoms with Crippen LogP contribution < -0.4 is 5.32 Å². The lowest BCUT2D eigenvalue weighted by molar-refractivity contribution is 0.167. The molecule has 106 valence electrons. The molecule has 0 saturated heterocycles. The van der Waals surface area contributed by atoms with Crippen molar-refractivity contribution >= 4 is 19.9 Å². The van der Waals surface area contributed by atoms with Gasteiger partial charge in [0.1, 0.15) is 0 Å². The second kappa shape index (κ2) is 6.24. The first-order valence-corrected chi connectivity index (χ1v) is 10.4. The molecule has 0 atom stereocenters. The van der Waals surface area contributed by atoms with Crippen molar-refractivity contribution in [3.8, 4) is 0 Å². The van der Waals surface area contributed by atoms with Gasteiger partial charge in [0, 0.05) is 13.8 Å². The second-order valence-electron chi connectivity index (χ2n) is 6.35. The number of benzene rings is 1. The van der Waals surface area contributed by atoms with Crippen LogP contribution in [0.25, 0.3) is 0 Å². The molecule has 4 heteroatoms. The Balaban J connectivity index is 2.58. The molecule has 0 heterocycles. The summed E-state index contributed by atoms with van der Waals surface area (Å²) in [6, 6.07) is 5.11. The highest BCUT2D eigenvalue weighted by molar-refractivity contribution is 6.76. The van der Waals surface area contributed by atoms with Gasteiger partial charge in [0.15, 0.2) is 0 Å². The molecule has 1 amide bonds. The molecule has 0 fully saturated rings. The van der Waals surface area contributed by atoms with E-state index in [-0.39, 0.29) is 6.09 Å². The van der Waals surface area contributed by atoms with Crippen LogP contribution in [0.4, 0.5) is 10.5 Å². The van der Waals surface area contributed by atoms with Gasteiger partial charge in [-0.2, -0.15) is 0 Å². The minimum atomic E-state index is -1.15. The van der Waals surface area contributed by atoms with E-state index in [1.54, 1.807) is 0 Å². The van der Waals surface area contributed by atoms with Crippen molar-refractivity contribution in [3.63, 3.8) is 0 Å². The molecule has 0 aliphatic carbocycles. The first-order valence-electron chi connectivity index (χ1n) is 6.71. The van der Waals surface area contributed by atoms with E-state index in [9.17, 15) is 4.79 Å². The van der Waals surface area contributed by atoms with Crippen LogP contribution in [0.15, 0.2) is 12.1 Å². The van der Waals surface area contributed by atoms with Crippen molar-refractivity contribution in [3.05, 3.63) is 28.8 Å². The lowest BCUT2D eigenvalue weighted by Gasteiger charge is -2.16. The predicted molar refractivity (Wildman–Crippen MR) is 83.8 cm³/mol. The van der Waals surface area contributed by atoms with Crippen LogP contribution in [-0.2, 0) is 4.74 Å². The molecule has 0 saturated carbocycles. The van der Waals surface area contributed by atoms with Crippen molar-refractivity contribution in [2.24, 2.45) is 0 Å². The van der Waals surface area contributed by atoms with Crippen LogP contribution in [0.2, 0.25) is 25.7 Å². The average Bonchev–Trinajstić information content (AvgIpc) is 2.21. The molecule has 1 rings (SSSR count). The van der Waals surface area contributed by atoms with Crippen molar-refractivity contribution in [1.29, 1.82) is 0 Å². The van der Waals surface area contributed by atoms with Gasteiger partial charge in [-0.15, -0.1) is 0 Å². The standard InChI is InChI=1S/C15H25NO2Si/c1-11-9-12(2)14(13(3)10-11)16-15(17)18-7-8-19(4,5)6/h9-10H,7-8H2,1-6H3,(H,16,17). The Morgan fingerprint density at radius 2 is 1.68 bits per heavy atom. The summed E-state index contributed by atoms with van der Waals surface area (Å²) in [7, 11) is -1.15.